The van der Waals surface area contributed by atoms with Gasteiger partial charge < -0.3 is 5.11 Å². The highest BCUT2D eigenvalue weighted by Crippen LogP contribution is 2.30. The zero-order valence-corrected chi connectivity index (χ0v) is 13.2. The van der Waals surface area contributed by atoms with Crippen molar-refractivity contribution >= 4 is 5.97 Å². The summed E-state index contributed by atoms with van der Waals surface area (Å²) in [5.74, 6) is -0.764. The third-order valence-corrected chi connectivity index (χ3v) is 4.81. The van der Waals surface area contributed by atoms with E-state index in [1.807, 2.05) is 31.2 Å². The van der Waals surface area contributed by atoms with Gasteiger partial charge in [0.15, 0.2) is 0 Å². The lowest BCUT2D eigenvalue weighted by Crippen LogP contribution is -2.53. The van der Waals surface area contributed by atoms with Gasteiger partial charge in [-0.15, -0.1) is 0 Å². The normalized spacial score (nSPS) is 19.1. The predicted octanol–water partition coefficient (Wildman–Crippen LogP) is 3.86. The van der Waals surface area contributed by atoms with Gasteiger partial charge in [-0.3, -0.25) is 5.32 Å². The van der Waals surface area contributed by atoms with Crippen LogP contribution in [0.1, 0.15) is 63.5 Å². The number of aryl methyl sites for hydroxylation is 1. The summed E-state index contributed by atoms with van der Waals surface area (Å²) in [6.45, 7) is 4.07. The van der Waals surface area contributed by atoms with Crippen molar-refractivity contribution in [3.63, 3.8) is 0 Å². The van der Waals surface area contributed by atoms with E-state index in [0.29, 0.717) is 12.5 Å². The van der Waals surface area contributed by atoms with Crippen molar-refractivity contribution in [2.24, 2.45) is 0 Å². The van der Waals surface area contributed by atoms with E-state index in [1.165, 1.54) is 24.8 Å². The molecule has 1 saturated carbocycles. The van der Waals surface area contributed by atoms with E-state index in [9.17, 15) is 9.90 Å². The molecule has 0 aliphatic heterocycles. The standard InChI is InChI=1S/C18H27NO2/c1-3-14-10-12-15(13-11-14)18(4-2,17(20)21)19-16-8-6-5-7-9-16/h10-13,16,19H,3-9H2,1-2H3,(H,20,21). The molecule has 1 fully saturated rings. The minimum atomic E-state index is -0.950. The number of hydrogen-bond donors (Lipinski definition) is 2. The Labute approximate surface area is 127 Å². The first-order valence-electron chi connectivity index (χ1n) is 8.23. The van der Waals surface area contributed by atoms with E-state index in [2.05, 4.69) is 12.2 Å². The number of aliphatic carboxylic acids is 1. The second-order valence-electron chi connectivity index (χ2n) is 6.09. The van der Waals surface area contributed by atoms with Crippen molar-refractivity contribution < 1.29 is 9.90 Å². The van der Waals surface area contributed by atoms with Crippen LogP contribution in [0.4, 0.5) is 0 Å². The lowest BCUT2D eigenvalue weighted by molar-refractivity contribution is -0.146. The number of carbonyl (C=O) groups is 1. The molecule has 0 amide bonds. The van der Waals surface area contributed by atoms with E-state index in [1.54, 1.807) is 0 Å². The van der Waals surface area contributed by atoms with Crippen LogP contribution in [0.15, 0.2) is 24.3 Å². The van der Waals surface area contributed by atoms with E-state index in [-0.39, 0.29) is 0 Å². The molecule has 2 N–H and O–H groups in total. The maximum atomic E-state index is 12.0. The van der Waals surface area contributed by atoms with Crippen molar-refractivity contribution in [3.8, 4) is 0 Å². The molecule has 21 heavy (non-hydrogen) atoms. The maximum absolute atomic E-state index is 12.0. The Balaban J connectivity index is 2.28. The summed E-state index contributed by atoms with van der Waals surface area (Å²) in [5.41, 5.74) is 1.17. The first-order valence-corrected chi connectivity index (χ1v) is 8.23. The molecule has 0 radical (unpaired) electrons. The fraction of sp³-hybridized carbons (Fsp3) is 0.611. The van der Waals surface area contributed by atoms with Gasteiger partial charge in [-0.2, -0.15) is 0 Å². The first-order chi connectivity index (χ1) is 10.1. The third-order valence-electron chi connectivity index (χ3n) is 4.81. The Morgan fingerprint density at radius 1 is 1.19 bits per heavy atom. The van der Waals surface area contributed by atoms with Crippen LogP contribution >= 0.6 is 0 Å². The smallest absolute Gasteiger partial charge is 0.328 e. The van der Waals surface area contributed by atoms with Gasteiger partial charge in [-0.05, 0) is 36.8 Å². The fourth-order valence-electron chi connectivity index (χ4n) is 3.35. The van der Waals surface area contributed by atoms with E-state index < -0.39 is 11.5 Å². The molecule has 1 aromatic carbocycles. The summed E-state index contributed by atoms with van der Waals surface area (Å²) in [6, 6.07) is 8.37. The molecule has 3 nitrogen and oxygen atoms in total. The summed E-state index contributed by atoms with van der Waals surface area (Å²) in [6.07, 6.45) is 7.38. The van der Waals surface area contributed by atoms with Gasteiger partial charge in [0.25, 0.3) is 0 Å². The zero-order valence-electron chi connectivity index (χ0n) is 13.2. The number of rotatable bonds is 6. The van der Waals surface area contributed by atoms with Crippen LogP contribution in [0.5, 0.6) is 0 Å². The zero-order chi connectivity index (χ0) is 15.3. The molecule has 1 aromatic rings. The number of nitrogens with one attached hydrogen (secondary N) is 1. The largest absolute Gasteiger partial charge is 0.480 e. The van der Waals surface area contributed by atoms with Crippen LogP contribution < -0.4 is 5.32 Å². The molecule has 0 aromatic heterocycles. The van der Waals surface area contributed by atoms with Crippen LogP contribution in [0.3, 0.4) is 0 Å². The molecule has 1 aliphatic rings. The van der Waals surface area contributed by atoms with Gasteiger partial charge in [-0.1, -0.05) is 57.4 Å². The van der Waals surface area contributed by atoms with E-state index in [4.69, 9.17) is 0 Å². The molecule has 116 valence electrons. The van der Waals surface area contributed by atoms with Crippen LogP contribution in [0.25, 0.3) is 0 Å². The highest BCUT2D eigenvalue weighted by molar-refractivity contribution is 5.80. The predicted molar refractivity (Wildman–Crippen MR) is 85.4 cm³/mol. The van der Waals surface area contributed by atoms with Crippen molar-refractivity contribution in [1.29, 1.82) is 0 Å². The van der Waals surface area contributed by atoms with Gasteiger partial charge in [0, 0.05) is 6.04 Å². The number of benzene rings is 1. The topological polar surface area (TPSA) is 49.3 Å². The highest BCUT2D eigenvalue weighted by Gasteiger charge is 2.40. The van der Waals surface area contributed by atoms with E-state index in [0.717, 1.165) is 24.8 Å². The molecule has 1 unspecified atom stereocenters. The average molecular weight is 289 g/mol. The molecule has 2 rings (SSSR count). The summed E-state index contributed by atoms with van der Waals surface area (Å²) in [4.78, 5) is 12.0. The minimum absolute atomic E-state index is 0.320. The second kappa shape index (κ2) is 7.08. The number of carboxylic acid groups (broad SMARTS) is 1. The Kier molecular flexibility index (Phi) is 5.40. The van der Waals surface area contributed by atoms with Crippen LogP contribution in [0.2, 0.25) is 0 Å². The van der Waals surface area contributed by atoms with Crippen LogP contribution in [-0.2, 0) is 16.8 Å². The molecule has 0 spiro atoms. The van der Waals surface area contributed by atoms with Crippen molar-refractivity contribution in [3.05, 3.63) is 35.4 Å². The highest BCUT2D eigenvalue weighted by atomic mass is 16.4. The molecule has 0 heterocycles. The minimum Gasteiger partial charge on any atom is -0.480 e. The Morgan fingerprint density at radius 3 is 2.29 bits per heavy atom. The van der Waals surface area contributed by atoms with Crippen molar-refractivity contribution in [2.45, 2.75) is 70.4 Å². The molecular weight excluding hydrogens is 262 g/mol. The van der Waals surface area contributed by atoms with Crippen LogP contribution in [0, 0.1) is 0 Å². The summed E-state index contributed by atoms with van der Waals surface area (Å²) in [5, 5.41) is 13.3. The third kappa shape index (κ3) is 3.46. The fourth-order valence-corrected chi connectivity index (χ4v) is 3.35. The Hall–Kier alpha value is -1.35. The quantitative estimate of drug-likeness (QED) is 0.836. The van der Waals surface area contributed by atoms with Crippen molar-refractivity contribution in [2.75, 3.05) is 0 Å². The molecule has 0 saturated heterocycles. The molecule has 1 atom stereocenters. The first kappa shape index (κ1) is 16.0. The molecule has 3 heteroatoms. The Morgan fingerprint density at radius 2 is 1.81 bits per heavy atom. The van der Waals surface area contributed by atoms with Crippen molar-refractivity contribution in [1.82, 2.24) is 5.32 Å². The van der Waals surface area contributed by atoms with Gasteiger partial charge in [0.2, 0.25) is 0 Å². The van der Waals surface area contributed by atoms with Gasteiger partial charge >= 0.3 is 5.97 Å². The van der Waals surface area contributed by atoms with Gasteiger partial charge in [-0.25, -0.2) is 4.79 Å². The Bertz CT molecular complexity index is 463. The maximum Gasteiger partial charge on any atom is 0.328 e. The number of carboxylic acids is 1. The second-order valence-corrected chi connectivity index (χ2v) is 6.09. The average Bonchev–Trinajstić information content (AvgIpc) is 2.53. The van der Waals surface area contributed by atoms with Gasteiger partial charge in [0.05, 0.1) is 0 Å². The summed E-state index contributed by atoms with van der Waals surface area (Å²) < 4.78 is 0. The van der Waals surface area contributed by atoms with E-state index >= 15 is 0 Å². The lowest BCUT2D eigenvalue weighted by atomic mass is 9.83. The molecular formula is C18H27NO2. The monoisotopic (exact) mass is 289 g/mol. The SMILES string of the molecule is CCc1ccc(C(CC)(NC2CCCCC2)C(=O)O)cc1. The lowest BCUT2D eigenvalue weighted by Gasteiger charge is -2.36. The number of hydrogen-bond acceptors (Lipinski definition) is 2. The molecule has 0 bridgehead atoms. The summed E-state index contributed by atoms with van der Waals surface area (Å²) >= 11 is 0. The summed E-state index contributed by atoms with van der Waals surface area (Å²) in [7, 11) is 0. The molecule has 1 aliphatic carbocycles. The van der Waals surface area contributed by atoms with Gasteiger partial charge in [0.1, 0.15) is 5.54 Å². The van der Waals surface area contributed by atoms with Crippen LogP contribution in [-0.4, -0.2) is 17.1 Å².